The Morgan fingerprint density at radius 1 is 1.03 bits per heavy atom. The van der Waals surface area contributed by atoms with E-state index < -0.39 is 0 Å². The number of nitrogens with zero attached hydrogens (tertiary/aromatic N) is 1. The fourth-order valence-corrected chi connectivity index (χ4v) is 3.43. The van der Waals surface area contributed by atoms with Crippen molar-refractivity contribution in [3.63, 3.8) is 0 Å². The summed E-state index contributed by atoms with van der Waals surface area (Å²) in [5, 5.41) is 9.44. The fraction of sp³-hybridized carbons (Fsp3) is 0.364. The monoisotopic (exact) mass is 510 g/mol. The number of guanidine groups is 1. The summed E-state index contributed by atoms with van der Waals surface area (Å²) in [6.07, 6.45) is 4.26. The van der Waals surface area contributed by atoms with Crippen LogP contribution in [0.15, 0.2) is 53.5 Å². The molecule has 2 aromatic carbocycles. The molecule has 1 amide bonds. The number of hydrogen-bond acceptors (Lipinski definition) is 2. The third-order valence-corrected chi connectivity index (χ3v) is 4.95. The van der Waals surface area contributed by atoms with Crippen LogP contribution >= 0.6 is 24.0 Å². The number of aliphatic imine (C=N–C) groups is 1. The van der Waals surface area contributed by atoms with Crippen LogP contribution in [0.5, 0.6) is 0 Å². The Morgan fingerprint density at radius 3 is 2.28 bits per heavy atom. The SMILES string of the molecule is CN=C(NCc1cccc(F)c1)NCc1cccc(NC(=O)C2CCCC2)c1.I. The molecule has 2 aromatic rings. The molecular weight excluding hydrogens is 482 g/mol. The molecule has 0 aromatic heterocycles. The third kappa shape index (κ3) is 7.30. The molecule has 1 aliphatic rings. The van der Waals surface area contributed by atoms with Crippen molar-refractivity contribution in [2.45, 2.75) is 38.8 Å². The zero-order valence-electron chi connectivity index (χ0n) is 16.6. The third-order valence-electron chi connectivity index (χ3n) is 4.95. The molecule has 7 heteroatoms. The summed E-state index contributed by atoms with van der Waals surface area (Å²) in [5.41, 5.74) is 2.71. The molecule has 0 unspecified atom stereocenters. The fourth-order valence-electron chi connectivity index (χ4n) is 3.43. The molecule has 0 spiro atoms. The van der Waals surface area contributed by atoms with Crippen LogP contribution in [0.3, 0.4) is 0 Å². The average molecular weight is 510 g/mol. The molecule has 0 radical (unpaired) electrons. The number of nitrogens with one attached hydrogen (secondary N) is 3. The van der Waals surface area contributed by atoms with Crippen LogP contribution in [0.4, 0.5) is 10.1 Å². The van der Waals surface area contributed by atoms with Crippen molar-refractivity contribution in [1.82, 2.24) is 10.6 Å². The molecular formula is C22H28FIN4O. The summed E-state index contributed by atoms with van der Waals surface area (Å²) in [4.78, 5) is 16.5. The summed E-state index contributed by atoms with van der Waals surface area (Å²) in [5.74, 6) is 0.645. The van der Waals surface area contributed by atoms with E-state index in [2.05, 4.69) is 20.9 Å². The van der Waals surface area contributed by atoms with Gasteiger partial charge in [0.15, 0.2) is 5.96 Å². The van der Waals surface area contributed by atoms with Crippen LogP contribution in [0.25, 0.3) is 0 Å². The van der Waals surface area contributed by atoms with Gasteiger partial charge in [-0.15, -0.1) is 24.0 Å². The van der Waals surface area contributed by atoms with Gasteiger partial charge >= 0.3 is 0 Å². The van der Waals surface area contributed by atoms with E-state index in [0.29, 0.717) is 19.0 Å². The number of halogens is 2. The van der Waals surface area contributed by atoms with Gasteiger partial charge in [-0.1, -0.05) is 37.1 Å². The number of carbonyl (C=O) groups is 1. The van der Waals surface area contributed by atoms with Crippen molar-refractivity contribution < 1.29 is 9.18 Å². The summed E-state index contributed by atoms with van der Waals surface area (Å²) >= 11 is 0. The zero-order chi connectivity index (χ0) is 19.8. The normalized spacial score (nSPS) is 14.2. The Morgan fingerprint density at radius 2 is 1.66 bits per heavy atom. The zero-order valence-corrected chi connectivity index (χ0v) is 18.9. The van der Waals surface area contributed by atoms with Crippen LogP contribution in [0.2, 0.25) is 0 Å². The second kappa shape index (κ2) is 11.7. The van der Waals surface area contributed by atoms with E-state index in [-0.39, 0.29) is 41.6 Å². The second-order valence-corrected chi connectivity index (χ2v) is 7.08. The smallest absolute Gasteiger partial charge is 0.227 e. The average Bonchev–Trinajstić information content (AvgIpc) is 3.23. The molecule has 29 heavy (non-hydrogen) atoms. The highest BCUT2D eigenvalue weighted by Crippen LogP contribution is 2.26. The number of hydrogen-bond donors (Lipinski definition) is 3. The van der Waals surface area contributed by atoms with Gasteiger partial charge in [0.1, 0.15) is 5.82 Å². The summed E-state index contributed by atoms with van der Waals surface area (Å²) in [6.45, 7) is 1.05. The largest absolute Gasteiger partial charge is 0.352 e. The van der Waals surface area contributed by atoms with E-state index in [1.54, 1.807) is 13.1 Å². The topological polar surface area (TPSA) is 65.5 Å². The van der Waals surface area contributed by atoms with Crippen LogP contribution in [-0.4, -0.2) is 18.9 Å². The quantitative estimate of drug-likeness (QED) is 0.306. The van der Waals surface area contributed by atoms with E-state index in [1.807, 2.05) is 30.3 Å². The number of amides is 1. The lowest BCUT2D eigenvalue weighted by Gasteiger charge is -2.14. The van der Waals surface area contributed by atoms with Crippen molar-refractivity contribution in [2.75, 3.05) is 12.4 Å². The summed E-state index contributed by atoms with van der Waals surface area (Å²) < 4.78 is 13.3. The standard InChI is InChI=1S/C22H27FN4O.HI/c1-24-22(25-14-16-6-4-10-19(23)12-16)26-15-17-7-5-11-20(13-17)27-21(28)18-8-2-3-9-18;/h4-7,10-13,18H,2-3,8-9,14-15H2,1H3,(H,27,28)(H2,24,25,26);1H. The van der Waals surface area contributed by atoms with Crippen molar-refractivity contribution in [3.05, 3.63) is 65.5 Å². The van der Waals surface area contributed by atoms with Gasteiger partial charge in [-0.2, -0.15) is 0 Å². The van der Waals surface area contributed by atoms with Gasteiger partial charge in [0, 0.05) is 31.7 Å². The van der Waals surface area contributed by atoms with Crippen molar-refractivity contribution in [2.24, 2.45) is 10.9 Å². The maximum absolute atomic E-state index is 13.3. The molecule has 156 valence electrons. The minimum absolute atomic E-state index is 0. The number of rotatable bonds is 6. The lowest BCUT2D eigenvalue weighted by Crippen LogP contribution is -2.36. The molecule has 0 atom stereocenters. The van der Waals surface area contributed by atoms with Gasteiger partial charge in [0.05, 0.1) is 0 Å². The van der Waals surface area contributed by atoms with Gasteiger partial charge in [0.2, 0.25) is 5.91 Å². The first-order valence-electron chi connectivity index (χ1n) is 9.73. The van der Waals surface area contributed by atoms with E-state index >= 15 is 0 Å². The highest BCUT2D eigenvalue weighted by atomic mass is 127. The summed E-state index contributed by atoms with van der Waals surface area (Å²) in [7, 11) is 1.69. The Bertz CT molecular complexity index is 837. The molecule has 0 saturated heterocycles. The molecule has 0 heterocycles. The highest BCUT2D eigenvalue weighted by Gasteiger charge is 2.22. The van der Waals surface area contributed by atoms with Crippen molar-refractivity contribution in [3.8, 4) is 0 Å². The molecule has 3 rings (SSSR count). The maximum Gasteiger partial charge on any atom is 0.227 e. The Hall–Kier alpha value is -2.16. The van der Waals surface area contributed by atoms with Crippen LogP contribution in [0.1, 0.15) is 36.8 Å². The molecule has 5 nitrogen and oxygen atoms in total. The number of carbonyl (C=O) groups excluding carboxylic acids is 1. The number of anilines is 1. The second-order valence-electron chi connectivity index (χ2n) is 7.08. The van der Waals surface area contributed by atoms with Gasteiger partial charge in [-0.25, -0.2) is 4.39 Å². The van der Waals surface area contributed by atoms with Gasteiger partial charge < -0.3 is 16.0 Å². The first kappa shape index (κ1) is 23.1. The van der Waals surface area contributed by atoms with Crippen molar-refractivity contribution >= 4 is 41.5 Å². The van der Waals surface area contributed by atoms with Crippen LogP contribution in [-0.2, 0) is 17.9 Å². The predicted molar refractivity (Wildman–Crippen MR) is 126 cm³/mol. The molecule has 1 saturated carbocycles. The van der Waals surface area contributed by atoms with E-state index in [4.69, 9.17) is 0 Å². The lowest BCUT2D eigenvalue weighted by molar-refractivity contribution is -0.119. The molecule has 0 aliphatic heterocycles. The van der Waals surface area contributed by atoms with E-state index in [1.165, 1.54) is 12.1 Å². The molecule has 3 N–H and O–H groups in total. The van der Waals surface area contributed by atoms with E-state index in [0.717, 1.165) is 42.5 Å². The molecule has 1 fully saturated rings. The van der Waals surface area contributed by atoms with Gasteiger partial charge in [0.25, 0.3) is 0 Å². The van der Waals surface area contributed by atoms with Gasteiger partial charge in [-0.3, -0.25) is 9.79 Å². The first-order valence-corrected chi connectivity index (χ1v) is 9.73. The lowest BCUT2D eigenvalue weighted by atomic mass is 10.1. The first-order chi connectivity index (χ1) is 13.6. The molecule has 0 bridgehead atoms. The van der Waals surface area contributed by atoms with Crippen LogP contribution in [0, 0.1) is 11.7 Å². The molecule has 1 aliphatic carbocycles. The Balaban J connectivity index is 0.00000300. The Labute approximate surface area is 188 Å². The Kier molecular flexibility index (Phi) is 9.37. The van der Waals surface area contributed by atoms with E-state index in [9.17, 15) is 9.18 Å². The minimum atomic E-state index is -0.251. The van der Waals surface area contributed by atoms with Gasteiger partial charge in [-0.05, 0) is 48.2 Å². The highest BCUT2D eigenvalue weighted by molar-refractivity contribution is 14.0. The minimum Gasteiger partial charge on any atom is -0.352 e. The maximum atomic E-state index is 13.3. The predicted octanol–water partition coefficient (Wildman–Crippen LogP) is 4.44. The van der Waals surface area contributed by atoms with Crippen molar-refractivity contribution in [1.29, 1.82) is 0 Å². The number of benzene rings is 2. The van der Waals surface area contributed by atoms with Crippen LogP contribution < -0.4 is 16.0 Å². The summed E-state index contributed by atoms with van der Waals surface area (Å²) in [6, 6.07) is 14.3.